The summed E-state index contributed by atoms with van der Waals surface area (Å²) in [5.74, 6) is -0.108. The lowest BCUT2D eigenvalue weighted by molar-refractivity contribution is -0.137. The number of aromatic nitrogens is 1. The smallest absolute Gasteiger partial charge is 0.323 e. The zero-order chi connectivity index (χ0) is 17.0. The Morgan fingerprint density at radius 1 is 1.26 bits per heavy atom. The average molecular weight is 336 g/mol. The van der Waals surface area contributed by atoms with Crippen molar-refractivity contribution < 1.29 is 9.90 Å². The van der Waals surface area contributed by atoms with Crippen LogP contribution < -0.4 is 0 Å². The molecule has 0 spiro atoms. The SMILES string of the molecule is CCc1c(CCC(CC)CC)n(CC(=O)O)c2ccc(Cl)cc12. The first-order valence-electron chi connectivity index (χ1n) is 8.52. The largest absolute Gasteiger partial charge is 0.480 e. The van der Waals surface area contributed by atoms with Crippen LogP contribution in [0.1, 0.15) is 51.3 Å². The topological polar surface area (TPSA) is 42.2 Å². The van der Waals surface area contributed by atoms with E-state index in [1.165, 1.54) is 24.1 Å². The van der Waals surface area contributed by atoms with Gasteiger partial charge < -0.3 is 9.67 Å². The van der Waals surface area contributed by atoms with Crippen LogP contribution in [-0.2, 0) is 24.2 Å². The Kier molecular flexibility index (Phi) is 6.11. The molecule has 0 radical (unpaired) electrons. The molecular weight excluding hydrogens is 310 g/mol. The average Bonchev–Trinajstić information content (AvgIpc) is 2.80. The molecule has 0 aliphatic heterocycles. The zero-order valence-electron chi connectivity index (χ0n) is 14.2. The van der Waals surface area contributed by atoms with Gasteiger partial charge in [0.15, 0.2) is 0 Å². The maximum absolute atomic E-state index is 11.3. The number of carboxylic acid groups (broad SMARTS) is 1. The number of aryl methyl sites for hydroxylation is 1. The van der Waals surface area contributed by atoms with E-state index in [1.807, 2.05) is 22.8 Å². The van der Waals surface area contributed by atoms with Gasteiger partial charge in [-0.05, 0) is 48.9 Å². The van der Waals surface area contributed by atoms with Crippen molar-refractivity contribution in [2.45, 2.75) is 59.4 Å². The van der Waals surface area contributed by atoms with Gasteiger partial charge in [0, 0.05) is 21.6 Å². The fraction of sp³-hybridized carbons (Fsp3) is 0.526. The number of hydrogen-bond donors (Lipinski definition) is 1. The van der Waals surface area contributed by atoms with E-state index >= 15 is 0 Å². The normalized spacial score (nSPS) is 11.5. The standard InChI is InChI=1S/C19H26ClNO2/c1-4-13(5-2)7-9-17-15(6-3)16-11-14(20)8-10-18(16)21(17)12-19(22)23/h8,10-11,13H,4-7,9,12H2,1-3H3,(H,22,23). The third kappa shape index (κ3) is 3.89. The van der Waals surface area contributed by atoms with Crippen LogP contribution in [0.4, 0.5) is 0 Å². The van der Waals surface area contributed by atoms with Crippen molar-refractivity contribution in [1.82, 2.24) is 4.57 Å². The molecule has 3 nitrogen and oxygen atoms in total. The lowest BCUT2D eigenvalue weighted by atomic mass is 9.95. The summed E-state index contributed by atoms with van der Waals surface area (Å²) in [5, 5.41) is 11.1. The number of nitrogens with zero attached hydrogens (tertiary/aromatic N) is 1. The van der Waals surface area contributed by atoms with Crippen molar-refractivity contribution in [3.63, 3.8) is 0 Å². The third-order valence-corrected chi connectivity index (χ3v) is 5.07. The van der Waals surface area contributed by atoms with E-state index < -0.39 is 5.97 Å². The highest BCUT2D eigenvalue weighted by Crippen LogP contribution is 2.31. The second-order valence-corrected chi connectivity index (χ2v) is 6.58. The van der Waals surface area contributed by atoms with Gasteiger partial charge in [-0.2, -0.15) is 0 Å². The second kappa shape index (κ2) is 7.87. The molecule has 1 aromatic carbocycles. The van der Waals surface area contributed by atoms with Gasteiger partial charge in [-0.3, -0.25) is 4.79 Å². The predicted octanol–water partition coefficient (Wildman–Crippen LogP) is 5.31. The van der Waals surface area contributed by atoms with Gasteiger partial charge in [0.1, 0.15) is 6.54 Å². The number of carbonyl (C=O) groups is 1. The molecule has 1 N–H and O–H groups in total. The monoisotopic (exact) mass is 335 g/mol. The number of halogens is 1. The molecule has 0 fully saturated rings. The first kappa shape index (κ1) is 17.9. The first-order chi connectivity index (χ1) is 11.0. The fourth-order valence-corrected chi connectivity index (χ4v) is 3.66. The predicted molar refractivity (Wildman–Crippen MR) is 96.4 cm³/mol. The van der Waals surface area contributed by atoms with Crippen LogP contribution in [0.2, 0.25) is 5.02 Å². The summed E-state index contributed by atoms with van der Waals surface area (Å²) >= 11 is 6.16. The molecule has 0 bridgehead atoms. The van der Waals surface area contributed by atoms with Crippen molar-refractivity contribution >= 4 is 28.5 Å². The van der Waals surface area contributed by atoms with E-state index in [0.717, 1.165) is 30.2 Å². The number of aliphatic carboxylic acids is 1. The molecule has 2 aromatic rings. The Hall–Kier alpha value is -1.48. The second-order valence-electron chi connectivity index (χ2n) is 6.14. The molecule has 2 rings (SSSR count). The van der Waals surface area contributed by atoms with Gasteiger partial charge in [0.2, 0.25) is 0 Å². The van der Waals surface area contributed by atoms with Crippen molar-refractivity contribution in [2.75, 3.05) is 0 Å². The number of rotatable bonds is 8. The summed E-state index contributed by atoms with van der Waals surface area (Å²) in [5.41, 5.74) is 3.39. The summed E-state index contributed by atoms with van der Waals surface area (Å²) in [6.45, 7) is 6.58. The van der Waals surface area contributed by atoms with Gasteiger partial charge in [-0.1, -0.05) is 45.2 Å². The number of hydrogen-bond acceptors (Lipinski definition) is 1. The molecular formula is C19H26ClNO2. The van der Waals surface area contributed by atoms with Crippen LogP contribution in [0.15, 0.2) is 18.2 Å². The Balaban J connectivity index is 2.52. The quantitative estimate of drug-likeness (QED) is 0.710. The number of fused-ring (bicyclic) bond motifs is 1. The minimum atomic E-state index is -0.803. The van der Waals surface area contributed by atoms with Gasteiger partial charge >= 0.3 is 5.97 Å². The first-order valence-corrected chi connectivity index (χ1v) is 8.90. The molecule has 4 heteroatoms. The Bertz CT molecular complexity index is 686. The van der Waals surface area contributed by atoms with E-state index in [9.17, 15) is 9.90 Å². The fourth-order valence-electron chi connectivity index (χ4n) is 3.48. The van der Waals surface area contributed by atoms with E-state index in [-0.39, 0.29) is 6.54 Å². The summed E-state index contributed by atoms with van der Waals surface area (Å²) < 4.78 is 1.97. The van der Waals surface area contributed by atoms with Crippen molar-refractivity contribution in [2.24, 2.45) is 5.92 Å². The Morgan fingerprint density at radius 3 is 2.52 bits per heavy atom. The van der Waals surface area contributed by atoms with Crippen LogP contribution >= 0.6 is 11.6 Å². The molecule has 0 atom stereocenters. The van der Waals surface area contributed by atoms with E-state index in [4.69, 9.17) is 11.6 Å². The third-order valence-electron chi connectivity index (χ3n) is 4.84. The minimum Gasteiger partial charge on any atom is -0.480 e. The van der Waals surface area contributed by atoms with Gasteiger partial charge in [-0.25, -0.2) is 0 Å². The lowest BCUT2D eigenvalue weighted by Crippen LogP contribution is -2.13. The van der Waals surface area contributed by atoms with Crippen molar-refractivity contribution in [3.8, 4) is 0 Å². The lowest BCUT2D eigenvalue weighted by Gasteiger charge is -2.15. The summed E-state index contributed by atoms with van der Waals surface area (Å²) in [6.07, 6.45) is 5.26. The maximum atomic E-state index is 11.3. The van der Waals surface area contributed by atoms with Crippen LogP contribution in [-0.4, -0.2) is 15.6 Å². The summed E-state index contributed by atoms with van der Waals surface area (Å²) in [7, 11) is 0. The van der Waals surface area contributed by atoms with E-state index in [1.54, 1.807) is 0 Å². The highest BCUT2D eigenvalue weighted by molar-refractivity contribution is 6.31. The Morgan fingerprint density at radius 2 is 1.96 bits per heavy atom. The Labute approximate surface area is 143 Å². The molecule has 0 unspecified atom stereocenters. The molecule has 0 amide bonds. The highest BCUT2D eigenvalue weighted by Gasteiger charge is 2.18. The van der Waals surface area contributed by atoms with Crippen LogP contribution in [0.5, 0.6) is 0 Å². The number of benzene rings is 1. The molecule has 0 saturated carbocycles. The maximum Gasteiger partial charge on any atom is 0.323 e. The van der Waals surface area contributed by atoms with E-state index in [2.05, 4.69) is 20.8 Å². The molecule has 126 valence electrons. The minimum absolute atomic E-state index is 0.0103. The molecule has 0 aliphatic rings. The molecule has 0 aliphatic carbocycles. The summed E-state index contributed by atoms with van der Waals surface area (Å²) in [4.78, 5) is 11.3. The van der Waals surface area contributed by atoms with Crippen molar-refractivity contribution in [3.05, 3.63) is 34.5 Å². The summed E-state index contributed by atoms with van der Waals surface area (Å²) in [6, 6.07) is 5.75. The number of carboxylic acids is 1. The van der Waals surface area contributed by atoms with Crippen LogP contribution in [0, 0.1) is 5.92 Å². The highest BCUT2D eigenvalue weighted by atomic mass is 35.5. The van der Waals surface area contributed by atoms with Gasteiger partial charge in [0.25, 0.3) is 0 Å². The van der Waals surface area contributed by atoms with Gasteiger partial charge in [0.05, 0.1) is 0 Å². The zero-order valence-corrected chi connectivity index (χ0v) is 15.0. The van der Waals surface area contributed by atoms with Crippen LogP contribution in [0.25, 0.3) is 10.9 Å². The van der Waals surface area contributed by atoms with Gasteiger partial charge in [-0.15, -0.1) is 0 Å². The van der Waals surface area contributed by atoms with E-state index in [0.29, 0.717) is 10.9 Å². The molecule has 1 aromatic heterocycles. The van der Waals surface area contributed by atoms with Crippen LogP contribution in [0.3, 0.4) is 0 Å². The van der Waals surface area contributed by atoms with Crippen molar-refractivity contribution in [1.29, 1.82) is 0 Å². The molecule has 23 heavy (non-hydrogen) atoms. The molecule has 0 saturated heterocycles. The molecule has 1 heterocycles.